The Bertz CT molecular complexity index is 1480. The number of nitrogens with zero attached hydrogens (tertiary/aromatic N) is 2. The van der Waals surface area contributed by atoms with E-state index in [0.29, 0.717) is 41.8 Å². The molecule has 0 bridgehead atoms. The summed E-state index contributed by atoms with van der Waals surface area (Å²) < 4.78 is 40.2. The van der Waals surface area contributed by atoms with Gasteiger partial charge in [0.2, 0.25) is 11.8 Å². The molecule has 0 unspecified atom stereocenters. The molecule has 218 valence electrons. The number of hydrogen-bond acceptors (Lipinski definition) is 6. The van der Waals surface area contributed by atoms with Crippen molar-refractivity contribution in [2.24, 2.45) is 5.92 Å². The number of halogens is 1. The van der Waals surface area contributed by atoms with E-state index in [0.717, 1.165) is 4.31 Å². The summed E-state index contributed by atoms with van der Waals surface area (Å²) in [6, 6.07) is 18.7. The number of amides is 2. The second kappa shape index (κ2) is 13.3. The Labute approximate surface area is 246 Å². The predicted molar refractivity (Wildman–Crippen MR) is 158 cm³/mol. The Hall–Kier alpha value is -3.76. The van der Waals surface area contributed by atoms with Gasteiger partial charge in [0, 0.05) is 24.2 Å². The second-order valence-electron chi connectivity index (χ2n) is 10.1. The fourth-order valence-electron chi connectivity index (χ4n) is 4.28. The molecule has 1 N–H and O–H groups in total. The van der Waals surface area contributed by atoms with E-state index in [2.05, 4.69) is 5.32 Å². The third-order valence-electron chi connectivity index (χ3n) is 6.57. The number of nitrogens with one attached hydrogen (secondary N) is 1. The van der Waals surface area contributed by atoms with Gasteiger partial charge in [-0.2, -0.15) is 0 Å². The summed E-state index contributed by atoms with van der Waals surface area (Å²) in [5, 5.41) is 3.30. The topological polar surface area (TPSA) is 105 Å². The monoisotopic (exact) mass is 599 g/mol. The Morgan fingerprint density at radius 3 is 2.27 bits per heavy atom. The zero-order valence-corrected chi connectivity index (χ0v) is 24.8. The molecule has 9 nitrogen and oxygen atoms in total. The highest BCUT2D eigenvalue weighted by Crippen LogP contribution is 2.36. The van der Waals surface area contributed by atoms with Crippen LogP contribution in [0.2, 0.25) is 5.02 Å². The van der Waals surface area contributed by atoms with Crippen LogP contribution in [0.5, 0.6) is 11.5 Å². The molecule has 41 heavy (non-hydrogen) atoms. The highest BCUT2D eigenvalue weighted by Gasteiger charge is 2.33. The number of hydrogen-bond donors (Lipinski definition) is 1. The average molecular weight is 600 g/mol. The first-order valence-corrected chi connectivity index (χ1v) is 15.2. The van der Waals surface area contributed by atoms with Gasteiger partial charge in [0.25, 0.3) is 10.0 Å². The summed E-state index contributed by atoms with van der Waals surface area (Å²) in [6.07, 6.45) is 0. The molecule has 1 atom stereocenters. The Balaban J connectivity index is 1.72. The van der Waals surface area contributed by atoms with E-state index in [1.807, 2.05) is 13.8 Å². The van der Waals surface area contributed by atoms with Crippen LogP contribution in [0, 0.1) is 5.92 Å². The third kappa shape index (κ3) is 7.31. The van der Waals surface area contributed by atoms with Crippen LogP contribution in [0.4, 0.5) is 5.69 Å². The van der Waals surface area contributed by atoms with Crippen molar-refractivity contribution in [1.29, 1.82) is 0 Å². The average Bonchev–Trinajstić information content (AvgIpc) is 2.97. The molecule has 0 spiro atoms. The van der Waals surface area contributed by atoms with Gasteiger partial charge in [-0.25, -0.2) is 8.42 Å². The van der Waals surface area contributed by atoms with E-state index >= 15 is 0 Å². The molecule has 3 aromatic rings. The van der Waals surface area contributed by atoms with E-state index in [1.54, 1.807) is 67.6 Å². The largest absolute Gasteiger partial charge is 0.486 e. The smallest absolute Gasteiger partial charge is 0.264 e. The standard InChI is InChI=1S/C30H34ClN3O6S/c1-21(2)18-32-30(36)22(3)33(19-23-9-7-8-12-26(23)31)29(35)20-34(41(37,38)25-10-5-4-6-11-25)24-13-14-27-28(17-24)40-16-15-39-27/h4-14,17,21-22H,15-16,18-20H2,1-3H3,(H,32,36)/t22-/m1/s1. The van der Waals surface area contributed by atoms with E-state index < -0.39 is 28.5 Å². The lowest BCUT2D eigenvalue weighted by atomic mass is 10.1. The summed E-state index contributed by atoms with van der Waals surface area (Å²) in [6.45, 7) is 6.13. The highest BCUT2D eigenvalue weighted by atomic mass is 35.5. The van der Waals surface area contributed by atoms with Crippen LogP contribution < -0.4 is 19.1 Å². The molecule has 0 saturated carbocycles. The Morgan fingerprint density at radius 1 is 0.927 bits per heavy atom. The fraction of sp³-hybridized carbons (Fsp3) is 0.333. The molecule has 0 radical (unpaired) electrons. The quantitative estimate of drug-likeness (QED) is 0.348. The van der Waals surface area contributed by atoms with Crippen LogP contribution in [-0.4, -0.2) is 57.5 Å². The van der Waals surface area contributed by atoms with Gasteiger partial charge in [-0.3, -0.25) is 13.9 Å². The van der Waals surface area contributed by atoms with Crippen LogP contribution in [0.1, 0.15) is 26.3 Å². The molecule has 4 rings (SSSR count). The minimum Gasteiger partial charge on any atom is -0.486 e. The number of anilines is 1. The first-order chi connectivity index (χ1) is 19.6. The lowest BCUT2D eigenvalue weighted by Crippen LogP contribution is -2.51. The summed E-state index contributed by atoms with van der Waals surface area (Å²) in [4.78, 5) is 28.5. The zero-order valence-electron chi connectivity index (χ0n) is 23.2. The first kappa shape index (κ1) is 30.2. The first-order valence-electron chi connectivity index (χ1n) is 13.4. The molecule has 2 amide bonds. The van der Waals surface area contributed by atoms with Gasteiger partial charge in [0.05, 0.1) is 10.6 Å². The SMILES string of the molecule is CC(C)CNC(=O)[C@@H](C)N(Cc1ccccc1Cl)C(=O)CN(c1ccc2c(c1)OCCO2)S(=O)(=O)c1ccccc1. The van der Waals surface area contributed by atoms with Crippen LogP contribution in [0.15, 0.2) is 77.7 Å². The fourth-order valence-corrected chi connectivity index (χ4v) is 5.90. The van der Waals surface area contributed by atoms with Gasteiger partial charge in [-0.05, 0) is 48.7 Å². The van der Waals surface area contributed by atoms with Gasteiger partial charge in [-0.15, -0.1) is 0 Å². The predicted octanol–water partition coefficient (Wildman–Crippen LogP) is 4.50. The van der Waals surface area contributed by atoms with E-state index in [4.69, 9.17) is 21.1 Å². The van der Waals surface area contributed by atoms with Gasteiger partial charge in [0.1, 0.15) is 25.8 Å². The molecule has 0 aromatic heterocycles. The lowest BCUT2D eigenvalue weighted by molar-refractivity contribution is -0.139. The van der Waals surface area contributed by atoms with Crippen molar-refractivity contribution < 1.29 is 27.5 Å². The molecular weight excluding hydrogens is 566 g/mol. The highest BCUT2D eigenvalue weighted by molar-refractivity contribution is 7.92. The van der Waals surface area contributed by atoms with Gasteiger partial charge >= 0.3 is 0 Å². The van der Waals surface area contributed by atoms with E-state index in [-0.39, 0.29) is 29.0 Å². The van der Waals surface area contributed by atoms with E-state index in [9.17, 15) is 18.0 Å². The van der Waals surface area contributed by atoms with Crippen LogP contribution in [0.3, 0.4) is 0 Å². The molecule has 11 heteroatoms. The van der Waals surface area contributed by atoms with E-state index in [1.165, 1.54) is 17.0 Å². The number of benzene rings is 3. The van der Waals surface area contributed by atoms with Crippen molar-refractivity contribution in [3.05, 3.63) is 83.4 Å². The maximum absolute atomic E-state index is 14.0. The van der Waals surface area contributed by atoms with Crippen molar-refractivity contribution in [2.45, 2.75) is 38.3 Å². The van der Waals surface area contributed by atoms with Crippen molar-refractivity contribution >= 4 is 39.1 Å². The third-order valence-corrected chi connectivity index (χ3v) is 8.73. The molecule has 1 aliphatic heterocycles. The maximum atomic E-state index is 14.0. The normalized spacial score (nSPS) is 13.4. The zero-order chi connectivity index (χ0) is 29.6. The van der Waals surface area contributed by atoms with Crippen molar-refractivity contribution in [3.8, 4) is 11.5 Å². The van der Waals surface area contributed by atoms with Gasteiger partial charge < -0.3 is 19.7 Å². The number of carbonyl (C=O) groups is 2. The molecule has 0 saturated heterocycles. The number of ether oxygens (including phenoxy) is 2. The van der Waals surface area contributed by atoms with Crippen molar-refractivity contribution in [2.75, 3.05) is 30.6 Å². The Kier molecular flexibility index (Phi) is 9.77. The summed E-state index contributed by atoms with van der Waals surface area (Å²) >= 11 is 6.41. The molecule has 3 aromatic carbocycles. The number of carbonyl (C=O) groups excluding carboxylic acids is 2. The number of rotatable bonds is 11. The van der Waals surface area contributed by atoms with Crippen LogP contribution in [0.25, 0.3) is 0 Å². The minimum atomic E-state index is -4.19. The summed E-state index contributed by atoms with van der Waals surface area (Å²) in [7, 11) is -4.19. The molecule has 0 aliphatic carbocycles. The van der Waals surface area contributed by atoms with Crippen LogP contribution in [-0.2, 0) is 26.2 Å². The Morgan fingerprint density at radius 2 is 1.59 bits per heavy atom. The second-order valence-corrected chi connectivity index (χ2v) is 12.4. The van der Waals surface area contributed by atoms with Crippen LogP contribution >= 0.6 is 11.6 Å². The number of fused-ring (bicyclic) bond motifs is 1. The summed E-state index contributed by atoms with van der Waals surface area (Å²) in [5.74, 6) is 0.144. The summed E-state index contributed by atoms with van der Waals surface area (Å²) in [5.41, 5.74) is 0.851. The van der Waals surface area contributed by atoms with Gasteiger partial charge in [0.15, 0.2) is 11.5 Å². The van der Waals surface area contributed by atoms with Gasteiger partial charge in [-0.1, -0.05) is 61.8 Å². The number of sulfonamides is 1. The molecule has 1 heterocycles. The molecule has 0 fully saturated rings. The van der Waals surface area contributed by atoms with Crippen molar-refractivity contribution in [1.82, 2.24) is 10.2 Å². The van der Waals surface area contributed by atoms with Crippen molar-refractivity contribution in [3.63, 3.8) is 0 Å². The molecular formula is C30H34ClN3O6S. The lowest BCUT2D eigenvalue weighted by Gasteiger charge is -2.32. The molecule has 1 aliphatic rings. The minimum absolute atomic E-state index is 0.00906. The maximum Gasteiger partial charge on any atom is 0.264 e.